The van der Waals surface area contributed by atoms with Gasteiger partial charge in [0.15, 0.2) is 17.3 Å². The molecule has 0 aromatic heterocycles. The van der Waals surface area contributed by atoms with E-state index in [1.165, 1.54) is 14.2 Å². The van der Waals surface area contributed by atoms with E-state index in [-0.39, 0.29) is 34.6 Å². The van der Waals surface area contributed by atoms with Crippen LogP contribution in [0.2, 0.25) is 0 Å². The molecule has 0 saturated carbocycles. The maximum Gasteiger partial charge on any atom is 0.268 e. The number of ether oxygens (including phenoxy) is 2. The van der Waals surface area contributed by atoms with Gasteiger partial charge in [-0.2, -0.15) is 0 Å². The van der Waals surface area contributed by atoms with E-state index in [0.717, 1.165) is 6.08 Å². The number of rotatable bonds is 5. The standard InChI is InChI=1S/C17H18O7/c1-7(2)10(18)5-9-13(19)12-8(14(20)17(9)24-4)6-11(23-3)15(21)16(12)22/h6,10,18-20H,1,5H2,2-4H3/t10-/m1/s1. The van der Waals surface area contributed by atoms with Crippen LogP contribution in [0.5, 0.6) is 17.2 Å². The van der Waals surface area contributed by atoms with Crippen molar-refractivity contribution >= 4 is 17.6 Å². The molecule has 2 rings (SSSR count). The van der Waals surface area contributed by atoms with Crippen LogP contribution < -0.4 is 4.74 Å². The van der Waals surface area contributed by atoms with Gasteiger partial charge in [0.25, 0.3) is 5.78 Å². The Kier molecular flexibility index (Phi) is 4.66. The number of carbonyl (C=O) groups is 2. The van der Waals surface area contributed by atoms with Gasteiger partial charge in [-0.25, -0.2) is 0 Å². The van der Waals surface area contributed by atoms with E-state index in [4.69, 9.17) is 9.47 Å². The quantitative estimate of drug-likeness (QED) is 0.423. The molecule has 1 atom stereocenters. The first-order valence-electron chi connectivity index (χ1n) is 7.07. The van der Waals surface area contributed by atoms with Gasteiger partial charge in [0.05, 0.1) is 25.9 Å². The highest BCUT2D eigenvalue weighted by atomic mass is 16.5. The minimum Gasteiger partial charge on any atom is -0.507 e. The van der Waals surface area contributed by atoms with Crippen molar-refractivity contribution in [3.05, 3.63) is 34.6 Å². The summed E-state index contributed by atoms with van der Waals surface area (Å²) >= 11 is 0. The van der Waals surface area contributed by atoms with Crippen LogP contribution in [-0.4, -0.2) is 47.2 Å². The number of ketones is 2. The Bertz CT molecular complexity index is 774. The monoisotopic (exact) mass is 334 g/mol. The van der Waals surface area contributed by atoms with E-state index in [1.807, 2.05) is 0 Å². The fourth-order valence-corrected chi connectivity index (χ4v) is 2.49. The summed E-state index contributed by atoms with van der Waals surface area (Å²) in [5.74, 6) is -3.24. The molecule has 0 radical (unpaired) electrons. The number of aromatic hydroxyl groups is 2. The number of hydrogen-bond donors (Lipinski definition) is 3. The summed E-state index contributed by atoms with van der Waals surface area (Å²) in [5.41, 5.74) is 0.0275. The largest absolute Gasteiger partial charge is 0.507 e. The molecule has 0 saturated heterocycles. The number of fused-ring (bicyclic) bond motifs is 1. The molecule has 1 aliphatic carbocycles. The third-order valence-electron chi connectivity index (χ3n) is 3.86. The van der Waals surface area contributed by atoms with Crippen molar-refractivity contribution in [3.63, 3.8) is 0 Å². The summed E-state index contributed by atoms with van der Waals surface area (Å²) in [5, 5.41) is 30.9. The van der Waals surface area contributed by atoms with Crippen molar-refractivity contribution in [1.82, 2.24) is 0 Å². The van der Waals surface area contributed by atoms with Crippen LogP contribution in [0.3, 0.4) is 0 Å². The van der Waals surface area contributed by atoms with Crippen LogP contribution in [0.4, 0.5) is 0 Å². The maximum atomic E-state index is 12.3. The Balaban J connectivity index is 2.77. The Hall–Kier alpha value is -2.80. The Morgan fingerprint density at radius 1 is 1.17 bits per heavy atom. The number of benzene rings is 1. The van der Waals surface area contributed by atoms with E-state index in [9.17, 15) is 24.9 Å². The van der Waals surface area contributed by atoms with Crippen LogP contribution in [0, 0.1) is 0 Å². The molecule has 128 valence electrons. The smallest absolute Gasteiger partial charge is 0.268 e. The lowest BCUT2D eigenvalue weighted by atomic mass is 9.88. The number of hydrogen-bond acceptors (Lipinski definition) is 7. The van der Waals surface area contributed by atoms with Crippen LogP contribution >= 0.6 is 0 Å². The fourth-order valence-electron chi connectivity index (χ4n) is 2.49. The Morgan fingerprint density at radius 3 is 2.29 bits per heavy atom. The van der Waals surface area contributed by atoms with Gasteiger partial charge in [0.1, 0.15) is 5.75 Å². The summed E-state index contributed by atoms with van der Waals surface area (Å²) in [4.78, 5) is 24.2. The lowest BCUT2D eigenvalue weighted by molar-refractivity contribution is -0.114. The summed E-state index contributed by atoms with van der Waals surface area (Å²) in [7, 11) is 2.49. The van der Waals surface area contributed by atoms with E-state index in [0.29, 0.717) is 5.57 Å². The van der Waals surface area contributed by atoms with Crippen molar-refractivity contribution in [1.29, 1.82) is 0 Å². The highest BCUT2D eigenvalue weighted by Crippen LogP contribution is 2.46. The second-order valence-electron chi connectivity index (χ2n) is 5.43. The molecule has 0 amide bonds. The number of phenols is 2. The molecule has 0 spiro atoms. The number of aliphatic hydroxyl groups is 1. The maximum absolute atomic E-state index is 12.3. The summed E-state index contributed by atoms with van der Waals surface area (Å²) in [6.07, 6.45) is -0.00922. The van der Waals surface area contributed by atoms with Crippen molar-refractivity contribution in [2.45, 2.75) is 19.4 Å². The summed E-state index contributed by atoms with van der Waals surface area (Å²) in [6, 6.07) is 0. The lowest BCUT2D eigenvalue weighted by Gasteiger charge is -2.22. The van der Waals surface area contributed by atoms with Gasteiger partial charge in [-0.15, -0.1) is 0 Å². The van der Waals surface area contributed by atoms with Crippen molar-refractivity contribution in [3.8, 4) is 17.2 Å². The molecule has 0 aliphatic heterocycles. The van der Waals surface area contributed by atoms with Crippen LogP contribution in [0.1, 0.15) is 28.4 Å². The van der Waals surface area contributed by atoms with Crippen molar-refractivity contribution in [2.75, 3.05) is 14.2 Å². The van der Waals surface area contributed by atoms with Gasteiger partial charge in [0, 0.05) is 17.5 Å². The zero-order valence-electron chi connectivity index (χ0n) is 13.5. The number of aliphatic hydroxyl groups excluding tert-OH is 1. The Labute approximate surface area is 138 Å². The number of carbonyl (C=O) groups excluding carboxylic acids is 2. The summed E-state index contributed by atoms with van der Waals surface area (Å²) in [6.45, 7) is 5.20. The Morgan fingerprint density at radius 2 is 1.79 bits per heavy atom. The lowest BCUT2D eigenvalue weighted by Crippen LogP contribution is -2.23. The SMILES string of the molecule is C=C(C)[C@H](O)Cc1c(O)c2c(c(O)c1OC)C=C(OC)C(=O)C2=O. The molecular formula is C17H18O7. The highest BCUT2D eigenvalue weighted by molar-refractivity contribution is 6.52. The molecule has 3 N–H and O–H groups in total. The molecule has 7 heteroatoms. The molecule has 0 fully saturated rings. The second kappa shape index (κ2) is 6.37. The van der Waals surface area contributed by atoms with Gasteiger partial charge in [-0.3, -0.25) is 9.59 Å². The van der Waals surface area contributed by atoms with E-state index in [2.05, 4.69) is 6.58 Å². The average Bonchev–Trinajstić information content (AvgIpc) is 2.54. The average molecular weight is 334 g/mol. The third kappa shape index (κ3) is 2.63. The number of allylic oxidation sites excluding steroid dienone is 1. The first-order valence-corrected chi connectivity index (χ1v) is 7.07. The fraction of sp³-hybridized carbons (Fsp3) is 0.294. The predicted octanol–water partition coefficient (Wildman–Crippen LogP) is 1.34. The van der Waals surface area contributed by atoms with Crippen LogP contribution in [-0.2, 0) is 16.0 Å². The van der Waals surface area contributed by atoms with E-state index >= 15 is 0 Å². The molecule has 1 aromatic rings. The van der Waals surface area contributed by atoms with Gasteiger partial charge in [-0.1, -0.05) is 12.2 Å². The third-order valence-corrected chi connectivity index (χ3v) is 3.86. The van der Waals surface area contributed by atoms with Crippen molar-refractivity contribution in [2.24, 2.45) is 0 Å². The molecular weight excluding hydrogens is 316 g/mol. The highest BCUT2D eigenvalue weighted by Gasteiger charge is 2.36. The number of Topliss-reactive ketones (excluding diaryl/α,β-unsaturated/α-hetero) is 2. The topological polar surface area (TPSA) is 113 Å². The van der Waals surface area contributed by atoms with Crippen LogP contribution in [0.15, 0.2) is 17.9 Å². The molecule has 0 unspecified atom stereocenters. The van der Waals surface area contributed by atoms with Gasteiger partial charge in [-0.05, 0) is 13.0 Å². The minimum absolute atomic E-state index is 0.0136. The number of phenolic OH excluding ortho intramolecular Hbond substituents is 2. The summed E-state index contributed by atoms with van der Waals surface area (Å²) < 4.78 is 9.95. The molecule has 1 aromatic carbocycles. The van der Waals surface area contributed by atoms with E-state index in [1.54, 1.807) is 6.92 Å². The zero-order valence-corrected chi connectivity index (χ0v) is 13.5. The van der Waals surface area contributed by atoms with Gasteiger partial charge >= 0.3 is 0 Å². The van der Waals surface area contributed by atoms with Gasteiger partial charge < -0.3 is 24.8 Å². The first-order chi connectivity index (χ1) is 11.2. The molecule has 0 bridgehead atoms. The zero-order chi connectivity index (χ0) is 18.2. The molecule has 7 nitrogen and oxygen atoms in total. The van der Waals surface area contributed by atoms with Crippen molar-refractivity contribution < 1.29 is 34.4 Å². The van der Waals surface area contributed by atoms with Gasteiger partial charge in [0.2, 0.25) is 5.78 Å². The normalized spacial score (nSPS) is 14.8. The van der Waals surface area contributed by atoms with Crippen LogP contribution in [0.25, 0.3) is 6.08 Å². The molecule has 0 heterocycles. The minimum atomic E-state index is -1.03. The predicted molar refractivity (Wildman–Crippen MR) is 85.2 cm³/mol. The molecule has 1 aliphatic rings. The number of methoxy groups -OCH3 is 2. The second-order valence-corrected chi connectivity index (χ2v) is 5.43. The first kappa shape index (κ1) is 17.6. The van der Waals surface area contributed by atoms with E-state index < -0.39 is 29.2 Å². The molecule has 24 heavy (non-hydrogen) atoms.